The summed E-state index contributed by atoms with van der Waals surface area (Å²) in [6.45, 7) is 0.100. The van der Waals surface area contributed by atoms with E-state index in [0.29, 0.717) is 22.0 Å². The molecule has 6 nitrogen and oxygen atoms in total. The van der Waals surface area contributed by atoms with Gasteiger partial charge in [-0.25, -0.2) is 5.43 Å². The molecule has 0 unspecified atom stereocenters. The first-order chi connectivity index (χ1) is 12.5. The van der Waals surface area contributed by atoms with Gasteiger partial charge in [0.25, 0.3) is 0 Å². The molecule has 0 spiro atoms. The molecule has 26 heavy (non-hydrogen) atoms. The van der Waals surface area contributed by atoms with Gasteiger partial charge in [0, 0.05) is 11.3 Å². The van der Waals surface area contributed by atoms with Crippen molar-refractivity contribution < 1.29 is 14.3 Å². The maximum absolute atomic E-state index is 11.8. The van der Waals surface area contributed by atoms with Gasteiger partial charge in [0.15, 0.2) is 0 Å². The lowest BCUT2D eigenvalue weighted by atomic mass is 10.2. The number of nitrogens with one attached hydrogen (secondary N) is 2. The van der Waals surface area contributed by atoms with Gasteiger partial charge in [-0.1, -0.05) is 41.3 Å². The van der Waals surface area contributed by atoms with E-state index in [9.17, 15) is 9.59 Å². The maximum atomic E-state index is 11.8. The zero-order chi connectivity index (χ0) is 18.9. The van der Waals surface area contributed by atoms with Crippen molar-refractivity contribution in [3.63, 3.8) is 0 Å². The highest BCUT2D eigenvalue weighted by atomic mass is 35.5. The molecule has 0 heterocycles. The van der Waals surface area contributed by atoms with Crippen LogP contribution in [0.15, 0.2) is 47.6 Å². The number of benzene rings is 2. The summed E-state index contributed by atoms with van der Waals surface area (Å²) in [5, 5.41) is 6.72. The lowest BCUT2D eigenvalue weighted by Crippen LogP contribution is -2.32. The SMILES string of the molecule is C#CCOc1ccccc1/C=N\NC(=O)C(=O)Nc1ccc(Cl)c(Cl)c1. The summed E-state index contributed by atoms with van der Waals surface area (Å²) in [6, 6.07) is 11.4. The Morgan fingerprint density at radius 2 is 1.92 bits per heavy atom. The van der Waals surface area contributed by atoms with E-state index < -0.39 is 11.8 Å². The van der Waals surface area contributed by atoms with E-state index >= 15 is 0 Å². The van der Waals surface area contributed by atoms with Crippen LogP contribution in [0.2, 0.25) is 10.0 Å². The van der Waals surface area contributed by atoms with E-state index in [2.05, 4.69) is 21.8 Å². The first-order valence-electron chi connectivity index (χ1n) is 7.26. The second-order valence-electron chi connectivity index (χ2n) is 4.81. The summed E-state index contributed by atoms with van der Waals surface area (Å²) in [6.07, 6.45) is 6.50. The maximum Gasteiger partial charge on any atom is 0.329 e. The molecule has 2 rings (SSSR count). The van der Waals surface area contributed by atoms with Crippen molar-refractivity contribution in [1.29, 1.82) is 0 Å². The van der Waals surface area contributed by atoms with Crippen LogP contribution in [-0.4, -0.2) is 24.6 Å². The number of terminal acetylenes is 1. The van der Waals surface area contributed by atoms with E-state index in [-0.39, 0.29) is 11.6 Å². The Morgan fingerprint density at radius 1 is 1.15 bits per heavy atom. The van der Waals surface area contributed by atoms with Gasteiger partial charge in [0.2, 0.25) is 0 Å². The average molecular weight is 390 g/mol. The smallest absolute Gasteiger partial charge is 0.329 e. The van der Waals surface area contributed by atoms with Crippen LogP contribution in [-0.2, 0) is 9.59 Å². The number of halogens is 2. The van der Waals surface area contributed by atoms with E-state index in [4.69, 9.17) is 34.4 Å². The van der Waals surface area contributed by atoms with Crippen molar-refractivity contribution in [3.8, 4) is 18.1 Å². The molecule has 0 saturated carbocycles. The number of nitrogens with zero attached hydrogens (tertiary/aromatic N) is 1. The van der Waals surface area contributed by atoms with E-state index in [1.54, 1.807) is 24.3 Å². The van der Waals surface area contributed by atoms with Crippen molar-refractivity contribution in [2.45, 2.75) is 0 Å². The lowest BCUT2D eigenvalue weighted by Gasteiger charge is -2.06. The zero-order valence-electron chi connectivity index (χ0n) is 13.3. The minimum absolute atomic E-state index is 0.100. The molecular weight excluding hydrogens is 377 g/mol. The van der Waals surface area contributed by atoms with Crippen molar-refractivity contribution in [3.05, 3.63) is 58.1 Å². The molecule has 0 aliphatic carbocycles. The summed E-state index contributed by atoms with van der Waals surface area (Å²) in [5.74, 6) is 1.00. The van der Waals surface area contributed by atoms with Crippen molar-refractivity contribution >= 4 is 46.9 Å². The van der Waals surface area contributed by atoms with Crippen LogP contribution in [0.1, 0.15) is 5.56 Å². The van der Waals surface area contributed by atoms with Gasteiger partial charge in [0.1, 0.15) is 12.4 Å². The number of para-hydroxylation sites is 1. The minimum Gasteiger partial charge on any atom is -0.480 e. The molecule has 0 atom stereocenters. The van der Waals surface area contributed by atoms with Gasteiger partial charge >= 0.3 is 11.8 Å². The third-order valence-corrected chi connectivity index (χ3v) is 3.72. The number of hydrogen-bond acceptors (Lipinski definition) is 4. The number of hydrogen-bond donors (Lipinski definition) is 2. The lowest BCUT2D eigenvalue weighted by molar-refractivity contribution is -0.136. The topological polar surface area (TPSA) is 79.8 Å². The quantitative estimate of drug-likeness (QED) is 0.356. The van der Waals surface area contributed by atoms with E-state index in [0.717, 1.165) is 0 Å². The second-order valence-corrected chi connectivity index (χ2v) is 5.63. The molecular formula is C18H13Cl2N3O3. The Morgan fingerprint density at radius 3 is 2.65 bits per heavy atom. The van der Waals surface area contributed by atoms with E-state index in [1.165, 1.54) is 24.4 Å². The Bertz CT molecular complexity index is 891. The zero-order valence-corrected chi connectivity index (χ0v) is 14.8. The molecule has 0 aromatic heterocycles. The normalized spacial score (nSPS) is 10.2. The van der Waals surface area contributed by atoms with Crippen LogP contribution in [0.25, 0.3) is 0 Å². The van der Waals surface area contributed by atoms with E-state index in [1.807, 2.05) is 0 Å². The predicted octanol–water partition coefficient (Wildman–Crippen LogP) is 3.09. The molecule has 2 aromatic rings. The number of hydrazone groups is 1. The summed E-state index contributed by atoms with van der Waals surface area (Å²) in [7, 11) is 0. The minimum atomic E-state index is -0.950. The van der Waals surface area contributed by atoms with Gasteiger partial charge in [-0.05, 0) is 30.3 Å². The molecule has 2 amide bonds. The molecule has 8 heteroatoms. The molecule has 132 valence electrons. The summed E-state index contributed by atoms with van der Waals surface area (Å²) >= 11 is 11.6. The first kappa shape index (κ1) is 19.3. The molecule has 0 radical (unpaired) electrons. The highest BCUT2D eigenvalue weighted by Crippen LogP contribution is 2.24. The Balaban J connectivity index is 1.95. The molecule has 2 N–H and O–H groups in total. The van der Waals surface area contributed by atoms with Gasteiger partial charge in [-0.3, -0.25) is 9.59 Å². The highest BCUT2D eigenvalue weighted by molar-refractivity contribution is 6.42. The van der Waals surface area contributed by atoms with Crippen LogP contribution in [0.4, 0.5) is 5.69 Å². The number of ether oxygens (including phenoxy) is 1. The fourth-order valence-electron chi connectivity index (χ4n) is 1.81. The largest absolute Gasteiger partial charge is 0.480 e. The molecule has 0 bridgehead atoms. The van der Waals surface area contributed by atoms with Gasteiger partial charge in [-0.2, -0.15) is 5.10 Å². The number of carbonyl (C=O) groups excluding carboxylic acids is 2. The third-order valence-electron chi connectivity index (χ3n) is 2.98. The van der Waals surface area contributed by atoms with Crippen LogP contribution >= 0.6 is 23.2 Å². The molecule has 0 saturated heterocycles. The standard InChI is InChI=1S/C18H13Cl2N3O3/c1-2-9-26-16-6-4-3-5-12(16)11-21-23-18(25)17(24)22-13-7-8-14(19)15(20)10-13/h1,3-8,10-11H,9H2,(H,22,24)(H,23,25)/b21-11-. The van der Waals surface area contributed by atoms with Crippen molar-refractivity contribution in [1.82, 2.24) is 5.43 Å². The fourth-order valence-corrected chi connectivity index (χ4v) is 2.11. The number of rotatable bonds is 5. The monoisotopic (exact) mass is 389 g/mol. The van der Waals surface area contributed by atoms with Crippen LogP contribution in [0.3, 0.4) is 0 Å². The van der Waals surface area contributed by atoms with Crippen LogP contribution < -0.4 is 15.5 Å². The van der Waals surface area contributed by atoms with Crippen molar-refractivity contribution in [2.24, 2.45) is 5.10 Å². The molecule has 0 aliphatic rings. The average Bonchev–Trinajstić information content (AvgIpc) is 2.63. The fraction of sp³-hybridized carbons (Fsp3) is 0.0556. The van der Waals surface area contributed by atoms with Crippen molar-refractivity contribution in [2.75, 3.05) is 11.9 Å². The third kappa shape index (κ3) is 5.52. The summed E-state index contributed by atoms with van der Waals surface area (Å²) < 4.78 is 5.35. The number of amides is 2. The molecule has 0 fully saturated rings. The van der Waals surface area contributed by atoms with Crippen LogP contribution in [0.5, 0.6) is 5.75 Å². The van der Waals surface area contributed by atoms with Gasteiger partial charge in [-0.15, -0.1) is 6.42 Å². The summed E-state index contributed by atoms with van der Waals surface area (Å²) in [5.41, 5.74) is 3.04. The number of carbonyl (C=O) groups is 2. The Labute approximate surface area is 160 Å². The first-order valence-corrected chi connectivity index (χ1v) is 8.01. The highest BCUT2D eigenvalue weighted by Gasteiger charge is 2.13. The molecule has 2 aromatic carbocycles. The van der Waals surface area contributed by atoms with Gasteiger partial charge in [0.05, 0.1) is 16.3 Å². The number of anilines is 1. The Hall–Kier alpha value is -3.01. The Kier molecular flexibility index (Phi) is 7.03. The van der Waals surface area contributed by atoms with Crippen LogP contribution in [0, 0.1) is 12.3 Å². The predicted molar refractivity (Wildman–Crippen MR) is 102 cm³/mol. The van der Waals surface area contributed by atoms with Gasteiger partial charge < -0.3 is 10.1 Å². The second kappa shape index (κ2) is 9.47. The summed E-state index contributed by atoms with van der Waals surface area (Å²) in [4.78, 5) is 23.6. The molecule has 0 aliphatic heterocycles.